The van der Waals surface area contributed by atoms with Gasteiger partial charge in [0.15, 0.2) is 0 Å². The van der Waals surface area contributed by atoms with E-state index in [1.807, 2.05) is 32.0 Å². The lowest BCUT2D eigenvalue weighted by atomic mass is 9.97. The van der Waals surface area contributed by atoms with Crippen LogP contribution in [0.2, 0.25) is 0 Å². The van der Waals surface area contributed by atoms with E-state index in [2.05, 4.69) is 20.2 Å². The Labute approximate surface area is 159 Å². The zero-order valence-corrected chi connectivity index (χ0v) is 16.0. The van der Waals surface area contributed by atoms with Crippen LogP contribution in [0.5, 0.6) is 0 Å². The molecular formula is C20H27N5O2. The summed E-state index contributed by atoms with van der Waals surface area (Å²) in [6, 6.07) is 5.92. The number of hydrogen-bond acceptors (Lipinski definition) is 6. The largest absolute Gasteiger partial charge is 0.396 e. The van der Waals surface area contributed by atoms with Crippen molar-refractivity contribution < 1.29 is 9.90 Å². The number of carbonyl (C=O) groups is 1. The molecule has 1 unspecified atom stereocenters. The SMILES string of the molecule is Cc1ccc(-c2ccnc(N3CCCC(C(=O)NCCCO)C3)n2)c(C)n1. The molecule has 2 aromatic rings. The van der Waals surface area contributed by atoms with Crippen LogP contribution >= 0.6 is 0 Å². The number of aromatic nitrogens is 3. The third-order valence-corrected chi connectivity index (χ3v) is 4.85. The molecule has 0 aromatic carbocycles. The second kappa shape index (κ2) is 8.90. The summed E-state index contributed by atoms with van der Waals surface area (Å²) in [6.07, 6.45) is 4.14. The fraction of sp³-hybridized carbons (Fsp3) is 0.500. The third-order valence-electron chi connectivity index (χ3n) is 4.85. The Kier molecular flexibility index (Phi) is 6.34. The maximum absolute atomic E-state index is 12.3. The zero-order valence-electron chi connectivity index (χ0n) is 16.0. The number of aliphatic hydroxyl groups is 1. The van der Waals surface area contributed by atoms with E-state index in [0.29, 0.717) is 25.5 Å². The van der Waals surface area contributed by atoms with Crippen molar-refractivity contribution in [3.8, 4) is 11.3 Å². The first-order valence-corrected chi connectivity index (χ1v) is 9.49. The Morgan fingerprint density at radius 2 is 2.15 bits per heavy atom. The number of aliphatic hydroxyl groups excluding tert-OH is 1. The topological polar surface area (TPSA) is 91.2 Å². The van der Waals surface area contributed by atoms with Crippen LogP contribution in [-0.4, -0.2) is 52.2 Å². The number of rotatable bonds is 6. The van der Waals surface area contributed by atoms with Crippen LogP contribution in [-0.2, 0) is 4.79 Å². The summed E-state index contributed by atoms with van der Waals surface area (Å²) in [6.45, 7) is 6.01. The number of carbonyl (C=O) groups excluding carboxylic acids is 1. The maximum Gasteiger partial charge on any atom is 0.225 e. The van der Waals surface area contributed by atoms with Crippen LogP contribution in [0.4, 0.5) is 5.95 Å². The highest BCUT2D eigenvalue weighted by Crippen LogP contribution is 2.25. The summed E-state index contributed by atoms with van der Waals surface area (Å²) in [4.78, 5) is 28.1. The number of piperidine rings is 1. The highest BCUT2D eigenvalue weighted by Gasteiger charge is 2.27. The average Bonchev–Trinajstić information content (AvgIpc) is 2.68. The number of nitrogens with one attached hydrogen (secondary N) is 1. The van der Waals surface area contributed by atoms with Gasteiger partial charge in [-0.15, -0.1) is 0 Å². The van der Waals surface area contributed by atoms with Gasteiger partial charge in [0.1, 0.15) is 0 Å². The molecule has 0 spiro atoms. The molecular weight excluding hydrogens is 342 g/mol. The van der Waals surface area contributed by atoms with Gasteiger partial charge in [-0.1, -0.05) is 0 Å². The second-order valence-corrected chi connectivity index (χ2v) is 6.98. The Bertz CT molecular complexity index is 796. The van der Waals surface area contributed by atoms with Crippen molar-refractivity contribution in [2.24, 2.45) is 5.92 Å². The van der Waals surface area contributed by atoms with Crippen molar-refractivity contribution in [2.45, 2.75) is 33.1 Å². The summed E-state index contributed by atoms with van der Waals surface area (Å²) < 4.78 is 0. The first kappa shape index (κ1) is 19.2. The van der Waals surface area contributed by atoms with Crippen molar-refractivity contribution in [3.05, 3.63) is 35.8 Å². The van der Waals surface area contributed by atoms with Gasteiger partial charge in [-0.25, -0.2) is 9.97 Å². The molecule has 1 amide bonds. The van der Waals surface area contributed by atoms with Crippen LogP contribution in [0, 0.1) is 19.8 Å². The number of aryl methyl sites for hydroxylation is 2. The van der Waals surface area contributed by atoms with Crippen molar-refractivity contribution in [2.75, 3.05) is 31.1 Å². The van der Waals surface area contributed by atoms with Gasteiger partial charge in [0.2, 0.25) is 11.9 Å². The molecule has 144 valence electrons. The van der Waals surface area contributed by atoms with E-state index in [0.717, 1.165) is 42.0 Å². The van der Waals surface area contributed by atoms with E-state index < -0.39 is 0 Å². The standard InChI is InChI=1S/C20H27N5O2/c1-14-6-7-17(15(2)23-14)18-8-10-22-20(24-18)25-11-3-5-16(13-25)19(27)21-9-4-12-26/h6-8,10,16,26H,3-5,9,11-13H2,1-2H3,(H,21,27). The molecule has 1 fully saturated rings. The predicted molar refractivity (Wildman–Crippen MR) is 104 cm³/mol. The van der Waals surface area contributed by atoms with Crippen LogP contribution < -0.4 is 10.2 Å². The van der Waals surface area contributed by atoms with Gasteiger partial charge in [0.05, 0.1) is 11.6 Å². The molecule has 2 N–H and O–H groups in total. The molecule has 1 aliphatic rings. The monoisotopic (exact) mass is 369 g/mol. The van der Waals surface area contributed by atoms with E-state index in [1.54, 1.807) is 6.20 Å². The molecule has 27 heavy (non-hydrogen) atoms. The minimum atomic E-state index is -0.0764. The third kappa shape index (κ3) is 4.80. The van der Waals surface area contributed by atoms with Gasteiger partial charge >= 0.3 is 0 Å². The average molecular weight is 369 g/mol. The summed E-state index contributed by atoms with van der Waals surface area (Å²) in [5.74, 6) is 0.621. The Balaban J connectivity index is 1.73. The van der Waals surface area contributed by atoms with Gasteiger partial charge in [-0.2, -0.15) is 0 Å². The van der Waals surface area contributed by atoms with Crippen LogP contribution in [0.15, 0.2) is 24.4 Å². The van der Waals surface area contributed by atoms with Crippen molar-refractivity contribution >= 4 is 11.9 Å². The normalized spacial score (nSPS) is 17.0. The number of nitrogens with zero attached hydrogens (tertiary/aromatic N) is 4. The molecule has 7 nitrogen and oxygen atoms in total. The summed E-state index contributed by atoms with van der Waals surface area (Å²) >= 11 is 0. The maximum atomic E-state index is 12.3. The highest BCUT2D eigenvalue weighted by atomic mass is 16.3. The number of anilines is 1. The lowest BCUT2D eigenvalue weighted by Crippen LogP contribution is -2.44. The van der Waals surface area contributed by atoms with Gasteiger partial charge in [-0.05, 0) is 51.3 Å². The van der Waals surface area contributed by atoms with Gasteiger partial charge in [0, 0.05) is 49.4 Å². The van der Waals surface area contributed by atoms with E-state index in [-0.39, 0.29) is 18.4 Å². The summed E-state index contributed by atoms with van der Waals surface area (Å²) in [5, 5.41) is 11.8. The minimum absolute atomic E-state index is 0.0443. The van der Waals surface area contributed by atoms with Gasteiger partial charge < -0.3 is 15.3 Å². The van der Waals surface area contributed by atoms with Crippen molar-refractivity contribution in [1.29, 1.82) is 0 Å². The lowest BCUT2D eigenvalue weighted by Gasteiger charge is -2.32. The summed E-state index contributed by atoms with van der Waals surface area (Å²) in [7, 11) is 0. The van der Waals surface area contributed by atoms with E-state index in [9.17, 15) is 4.79 Å². The fourth-order valence-electron chi connectivity index (χ4n) is 3.42. The Hall–Kier alpha value is -2.54. The predicted octanol–water partition coefficient (Wildman–Crippen LogP) is 1.87. The van der Waals surface area contributed by atoms with E-state index in [4.69, 9.17) is 10.1 Å². The number of amides is 1. The highest BCUT2D eigenvalue weighted by molar-refractivity contribution is 5.79. The van der Waals surface area contributed by atoms with Crippen LogP contribution in [0.25, 0.3) is 11.3 Å². The molecule has 7 heteroatoms. The van der Waals surface area contributed by atoms with Gasteiger partial charge in [0.25, 0.3) is 0 Å². The molecule has 1 aliphatic heterocycles. The smallest absolute Gasteiger partial charge is 0.225 e. The van der Waals surface area contributed by atoms with E-state index >= 15 is 0 Å². The Morgan fingerprint density at radius 3 is 2.93 bits per heavy atom. The quantitative estimate of drug-likeness (QED) is 0.756. The lowest BCUT2D eigenvalue weighted by molar-refractivity contribution is -0.125. The molecule has 0 aliphatic carbocycles. The van der Waals surface area contributed by atoms with Crippen molar-refractivity contribution in [1.82, 2.24) is 20.3 Å². The molecule has 2 aromatic heterocycles. The van der Waals surface area contributed by atoms with Crippen molar-refractivity contribution in [3.63, 3.8) is 0 Å². The molecule has 1 saturated heterocycles. The summed E-state index contributed by atoms with van der Waals surface area (Å²) in [5.41, 5.74) is 3.77. The molecule has 3 heterocycles. The number of hydrogen-bond donors (Lipinski definition) is 2. The molecule has 3 rings (SSSR count). The molecule has 0 radical (unpaired) electrons. The zero-order chi connectivity index (χ0) is 19.2. The number of pyridine rings is 1. The minimum Gasteiger partial charge on any atom is -0.396 e. The first-order valence-electron chi connectivity index (χ1n) is 9.49. The second-order valence-electron chi connectivity index (χ2n) is 6.98. The first-order chi connectivity index (χ1) is 13.1. The Morgan fingerprint density at radius 1 is 1.30 bits per heavy atom. The molecule has 0 bridgehead atoms. The van der Waals surface area contributed by atoms with Gasteiger partial charge in [-0.3, -0.25) is 9.78 Å². The van der Waals surface area contributed by atoms with Crippen LogP contribution in [0.3, 0.4) is 0 Å². The fourth-order valence-corrected chi connectivity index (χ4v) is 3.42. The molecule has 0 saturated carbocycles. The molecule has 1 atom stereocenters. The van der Waals surface area contributed by atoms with Crippen LogP contribution in [0.1, 0.15) is 30.7 Å². The van der Waals surface area contributed by atoms with E-state index in [1.165, 1.54) is 0 Å².